The smallest absolute Gasteiger partial charge is 0.308 e. The fourth-order valence-corrected chi connectivity index (χ4v) is 6.81. The van der Waals surface area contributed by atoms with E-state index in [4.69, 9.17) is 16.3 Å². The number of rotatable bonds is 10. The van der Waals surface area contributed by atoms with Gasteiger partial charge in [-0.15, -0.1) is 23.1 Å². The van der Waals surface area contributed by atoms with Gasteiger partial charge in [0.05, 0.1) is 33.9 Å². The van der Waals surface area contributed by atoms with Crippen molar-refractivity contribution in [3.05, 3.63) is 52.5 Å². The number of halogens is 1. The number of fused-ring (bicyclic) bond motifs is 1. The van der Waals surface area contributed by atoms with Crippen LogP contribution in [0.5, 0.6) is 5.75 Å². The van der Waals surface area contributed by atoms with Gasteiger partial charge in [-0.3, -0.25) is 9.78 Å². The summed E-state index contributed by atoms with van der Waals surface area (Å²) >= 11 is 9.98. The second-order valence-corrected chi connectivity index (χ2v) is 11.3. The zero-order chi connectivity index (χ0) is 24.1. The van der Waals surface area contributed by atoms with Gasteiger partial charge in [0.1, 0.15) is 5.75 Å². The molecule has 0 bridgehead atoms. The molecule has 0 amide bonds. The molecule has 0 radical (unpaired) electrons. The summed E-state index contributed by atoms with van der Waals surface area (Å²) in [5.41, 5.74) is 1.36. The molecule has 4 rings (SSSR count). The Kier molecular flexibility index (Phi) is 8.71. The summed E-state index contributed by atoms with van der Waals surface area (Å²) in [4.78, 5) is 18.7. The third-order valence-electron chi connectivity index (χ3n) is 6.52. The van der Waals surface area contributed by atoms with E-state index < -0.39 is 18.0 Å². The number of benzene rings is 1. The lowest BCUT2D eigenvalue weighted by Crippen LogP contribution is -2.44. The Balaban J connectivity index is 1.38. The molecule has 34 heavy (non-hydrogen) atoms. The maximum absolute atomic E-state index is 12.0. The summed E-state index contributed by atoms with van der Waals surface area (Å²) in [6, 6.07) is 9.66. The van der Waals surface area contributed by atoms with Gasteiger partial charge in [0.2, 0.25) is 0 Å². The maximum Gasteiger partial charge on any atom is 0.308 e. The summed E-state index contributed by atoms with van der Waals surface area (Å²) < 4.78 is 6.62. The summed E-state index contributed by atoms with van der Waals surface area (Å²) in [7, 11) is 1.59. The van der Waals surface area contributed by atoms with Crippen molar-refractivity contribution in [1.29, 1.82) is 0 Å². The molecular weight excluding hydrogens is 492 g/mol. The van der Waals surface area contributed by atoms with Crippen molar-refractivity contribution < 1.29 is 19.7 Å². The molecule has 6 nitrogen and oxygen atoms in total. The molecule has 1 aliphatic heterocycles. The van der Waals surface area contributed by atoms with Crippen LogP contribution in [0.25, 0.3) is 10.9 Å². The van der Waals surface area contributed by atoms with Crippen LogP contribution in [0.15, 0.2) is 46.1 Å². The Morgan fingerprint density at radius 1 is 1.41 bits per heavy atom. The first-order valence-corrected chi connectivity index (χ1v) is 13.6. The second kappa shape index (κ2) is 11.7. The monoisotopic (exact) mass is 520 g/mol. The predicted molar refractivity (Wildman–Crippen MR) is 138 cm³/mol. The molecule has 1 aromatic carbocycles. The van der Waals surface area contributed by atoms with Gasteiger partial charge in [-0.1, -0.05) is 17.7 Å². The molecule has 0 saturated carbocycles. The number of carboxylic acid groups (broad SMARTS) is 1. The van der Waals surface area contributed by atoms with E-state index >= 15 is 0 Å². The molecule has 3 aromatic rings. The Morgan fingerprint density at radius 3 is 3.00 bits per heavy atom. The molecule has 182 valence electrons. The zero-order valence-corrected chi connectivity index (χ0v) is 21.4. The largest absolute Gasteiger partial charge is 0.497 e. The van der Waals surface area contributed by atoms with E-state index in [1.54, 1.807) is 24.6 Å². The Hall–Kier alpha value is -1.84. The van der Waals surface area contributed by atoms with Crippen LogP contribution in [0.4, 0.5) is 0 Å². The summed E-state index contributed by atoms with van der Waals surface area (Å²) in [5.74, 6) is 0.452. The van der Waals surface area contributed by atoms with Crippen molar-refractivity contribution in [3.63, 3.8) is 0 Å². The fourth-order valence-electron chi connectivity index (χ4n) is 4.67. The number of likely N-dealkylation sites (tertiary alicyclic amines) is 1. The van der Waals surface area contributed by atoms with Crippen LogP contribution >= 0.6 is 34.7 Å². The number of pyridine rings is 1. The van der Waals surface area contributed by atoms with Crippen molar-refractivity contribution >= 4 is 51.6 Å². The highest BCUT2D eigenvalue weighted by molar-refractivity contribution is 8.01. The Labute approximate surface area is 212 Å². The van der Waals surface area contributed by atoms with Gasteiger partial charge in [-0.05, 0) is 61.4 Å². The highest BCUT2D eigenvalue weighted by Crippen LogP contribution is 2.37. The number of aliphatic carboxylic acids is 1. The first kappa shape index (κ1) is 25.3. The van der Waals surface area contributed by atoms with Crippen molar-refractivity contribution in [3.8, 4) is 5.75 Å². The number of hydrogen-bond acceptors (Lipinski definition) is 7. The molecular formula is C25H29ClN2O4S2. The van der Waals surface area contributed by atoms with Crippen LogP contribution in [0.2, 0.25) is 5.02 Å². The second-order valence-electron chi connectivity index (χ2n) is 8.57. The minimum atomic E-state index is -0.806. The van der Waals surface area contributed by atoms with Crippen LogP contribution in [0.1, 0.15) is 30.9 Å². The first-order valence-electron chi connectivity index (χ1n) is 11.4. The average Bonchev–Trinajstić information content (AvgIpc) is 3.36. The van der Waals surface area contributed by atoms with Gasteiger partial charge >= 0.3 is 5.97 Å². The molecule has 3 heterocycles. The highest BCUT2D eigenvalue weighted by Gasteiger charge is 2.34. The fraction of sp³-hybridized carbons (Fsp3) is 0.440. The van der Waals surface area contributed by atoms with Crippen molar-refractivity contribution in [2.45, 2.75) is 29.6 Å². The number of piperidine rings is 1. The lowest BCUT2D eigenvalue weighted by molar-refractivity contribution is -0.146. The molecule has 9 heteroatoms. The average molecular weight is 521 g/mol. The highest BCUT2D eigenvalue weighted by atomic mass is 35.5. The standard InChI is InChI=1S/C25H29ClN2O4S2/c1-32-17-5-6-21-18(13-17)24(20(26)14-27-21)22(29)7-4-16-8-9-28(15-19(16)25(30)31)10-12-34-23-3-2-11-33-23/h2-3,5-6,11,13-14,16,19,22,29H,4,7-10,12,15H2,1H3,(H,30,31)/t16-,19+,22+/m0/s1. The number of carboxylic acids is 1. The quantitative estimate of drug-likeness (QED) is 0.337. The van der Waals surface area contributed by atoms with Gasteiger partial charge in [0.15, 0.2) is 0 Å². The Bertz CT molecular complexity index is 1110. The van der Waals surface area contributed by atoms with E-state index in [0.29, 0.717) is 35.7 Å². The topological polar surface area (TPSA) is 82.9 Å². The number of aliphatic hydroxyl groups is 1. The van der Waals surface area contributed by atoms with Gasteiger partial charge in [-0.2, -0.15) is 0 Å². The zero-order valence-electron chi connectivity index (χ0n) is 19.0. The number of nitrogens with zero attached hydrogens (tertiary/aromatic N) is 2. The van der Waals surface area contributed by atoms with Crippen LogP contribution in [0.3, 0.4) is 0 Å². The lowest BCUT2D eigenvalue weighted by atomic mass is 9.81. The van der Waals surface area contributed by atoms with Gasteiger partial charge in [-0.25, -0.2) is 0 Å². The van der Waals surface area contributed by atoms with Crippen LogP contribution < -0.4 is 4.74 Å². The maximum atomic E-state index is 12.0. The van der Waals surface area contributed by atoms with Crippen molar-refractivity contribution in [2.75, 3.05) is 32.5 Å². The van der Waals surface area contributed by atoms with Crippen LogP contribution in [-0.2, 0) is 4.79 Å². The number of aliphatic hydroxyl groups excluding tert-OH is 1. The molecule has 1 aliphatic rings. The summed E-state index contributed by atoms with van der Waals surface area (Å²) in [6.07, 6.45) is 2.63. The Morgan fingerprint density at radius 2 is 2.26 bits per heavy atom. The van der Waals surface area contributed by atoms with Crippen molar-refractivity contribution in [1.82, 2.24) is 9.88 Å². The number of thioether (sulfide) groups is 1. The van der Waals surface area contributed by atoms with E-state index in [1.807, 2.05) is 36.0 Å². The normalized spacial score (nSPS) is 19.9. The van der Waals surface area contributed by atoms with Crippen molar-refractivity contribution in [2.24, 2.45) is 11.8 Å². The lowest BCUT2D eigenvalue weighted by Gasteiger charge is -2.37. The minimum Gasteiger partial charge on any atom is -0.497 e. The number of carbonyl (C=O) groups is 1. The van der Waals surface area contributed by atoms with E-state index in [0.717, 1.165) is 36.2 Å². The minimum absolute atomic E-state index is 0.0229. The molecule has 2 N–H and O–H groups in total. The number of aromatic nitrogens is 1. The molecule has 2 aromatic heterocycles. The SMILES string of the molecule is COc1ccc2ncc(Cl)c([C@H](O)CC[C@H]3CCN(CCSc4cccs4)C[C@H]3C(=O)O)c2c1. The van der Waals surface area contributed by atoms with Gasteiger partial charge < -0.3 is 19.8 Å². The van der Waals surface area contributed by atoms with Gasteiger partial charge in [0.25, 0.3) is 0 Å². The number of hydrogen-bond donors (Lipinski definition) is 2. The van der Waals surface area contributed by atoms with E-state index in [1.165, 1.54) is 4.21 Å². The van der Waals surface area contributed by atoms with E-state index in [2.05, 4.69) is 21.3 Å². The summed E-state index contributed by atoms with van der Waals surface area (Å²) in [5, 5.41) is 24.2. The number of ether oxygens (including phenoxy) is 1. The molecule has 1 fully saturated rings. The molecule has 0 unspecified atom stereocenters. The predicted octanol–water partition coefficient (Wildman–Crippen LogP) is 5.59. The van der Waals surface area contributed by atoms with Gasteiger partial charge in [0, 0.05) is 36.0 Å². The third kappa shape index (κ3) is 6.04. The summed E-state index contributed by atoms with van der Waals surface area (Å²) in [6.45, 7) is 2.31. The third-order valence-corrected chi connectivity index (χ3v) is 8.93. The van der Waals surface area contributed by atoms with Crippen LogP contribution in [-0.4, -0.2) is 58.6 Å². The van der Waals surface area contributed by atoms with E-state index in [-0.39, 0.29) is 5.92 Å². The molecule has 1 saturated heterocycles. The number of methoxy groups -OCH3 is 1. The molecule has 3 atom stereocenters. The molecule has 0 spiro atoms. The van der Waals surface area contributed by atoms with Crippen LogP contribution in [0, 0.1) is 11.8 Å². The number of thiophene rings is 1. The molecule has 0 aliphatic carbocycles. The first-order chi connectivity index (χ1) is 16.5. The van der Waals surface area contributed by atoms with E-state index in [9.17, 15) is 15.0 Å².